The number of aliphatic hydroxyl groups is 1. The summed E-state index contributed by atoms with van der Waals surface area (Å²) in [5.74, 6) is 5.48. The van der Waals surface area contributed by atoms with Crippen LogP contribution in [0.4, 0.5) is 0 Å². The van der Waals surface area contributed by atoms with Gasteiger partial charge < -0.3 is 15.7 Å². The smallest absolute Gasteiger partial charge is 0.251 e. The van der Waals surface area contributed by atoms with Crippen molar-refractivity contribution in [1.29, 1.82) is 0 Å². The van der Waals surface area contributed by atoms with Gasteiger partial charge in [0.05, 0.1) is 12.6 Å². The number of aliphatic hydroxyl groups excluding tert-OH is 1. The Morgan fingerprint density at radius 2 is 2.15 bits per heavy atom. The molecule has 1 fully saturated rings. The summed E-state index contributed by atoms with van der Waals surface area (Å²) in [6, 6.07) is 6.78. The van der Waals surface area contributed by atoms with Crippen LogP contribution in [0.25, 0.3) is 0 Å². The van der Waals surface area contributed by atoms with E-state index >= 15 is 0 Å². The minimum Gasteiger partial charge on any atom is -0.395 e. The van der Waals surface area contributed by atoms with Crippen LogP contribution in [-0.2, 0) is 4.79 Å². The third-order valence-corrected chi connectivity index (χ3v) is 2.93. The summed E-state index contributed by atoms with van der Waals surface area (Å²) >= 11 is 0. The molecule has 3 N–H and O–H groups in total. The fourth-order valence-corrected chi connectivity index (χ4v) is 1.90. The summed E-state index contributed by atoms with van der Waals surface area (Å²) in [4.78, 5) is 23.0. The van der Waals surface area contributed by atoms with Crippen molar-refractivity contribution in [2.45, 2.75) is 18.9 Å². The minimum atomic E-state index is -0.193. The van der Waals surface area contributed by atoms with E-state index in [1.807, 2.05) is 0 Å². The van der Waals surface area contributed by atoms with Crippen LogP contribution in [0.3, 0.4) is 0 Å². The second-order valence-corrected chi connectivity index (χ2v) is 4.53. The van der Waals surface area contributed by atoms with Gasteiger partial charge in [0.2, 0.25) is 5.91 Å². The number of hydrogen-bond acceptors (Lipinski definition) is 3. The SMILES string of the molecule is O=C1CC(NC(=O)c2ccc(C#CCCO)cc2)CN1. The zero-order chi connectivity index (χ0) is 14.4. The van der Waals surface area contributed by atoms with E-state index in [1.165, 1.54) is 0 Å². The van der Waals surface area contributed by atoms with Crippen LogP contribution in [0.5, 0.6) is 0 Å². The molecule has 5 heteroatoms. The maximum atomic E-state index is 12.0. The predicted molar refractivity (Wildman–Crippen MR) is 73.9 cm³/mol. The third kappa shape index (κ3) is 3.84. The molecule has 1 aromatic carbocycles. The highest BCUT2D eigenvalue weighted by Gasteiger charge is 2.23. The second kappa shape index (κ2) is 6.73. The molecule has 2 rings (SSSR count). The minimum absolute atomic E-state index is 0.0372. The maximum Gasteiger partial charge on any atom is 0.251 e. The van der Waals surface area contributed by atoms with Gasteiger partial charge in [-0.2, -0.15) is 0 Å². The molecule has 1 atom stereocenters. The van der Waals surface area contributed by atoms with Gasteiger partial charge in [-0.15, -0.1) is 0 Å². The molecule has 20 heavy (non-hydrogen) atoms. The summed E-state index contributed by atoms with van der Waals surface area (Å²) in [6.07, 6.45) is 0.765. The zero-order valence-electron chi connectivity index (χ0n) is 11.0. The van der Waals surface area contributed by atoms with Gasteiger partial charge in [0.25, 0.3) is 5.91 Å². The van der Waals surface area contributed by atoms with Crippen molar-refractivity contribution in [3.8, 4) is 11.8 Å². The first-order valence-corrected chi connectivity index (χ1v) is 6.46. The molecule has 0 aliphatic carbocycles. The Morgan fingerprint density at radius 1 is 1.40 bits per heavy atom. The monoisotopic (exact) mass is 272 g/mol. The molecule has 1 aliphatic heterocycles. The van der Waals surface area contributed by atoms with E-state index in [9.17, 15) is 9.59 Å². The molecule has 0 aromatic heterocycles. The number of amides is 2. The van der Waals surface area contributed by atoms with Crippen molar-refractivity contribution in [2.24, 2.45) is 0 Å². The number of carbonyl (C=O) groups excluding carboxylic acids is 2. The summed E-state index contributed by atoms with van der Waals surface area (Å²) in [6.45, 7) is 0.525. The van der Waals surface area contributed by atoms with E-state index in [1.54, 1.807) is 24.3 Å². The molecule has 1 saturated heterocycles. The van der Waals surface area contributed by atoms with Crippen LogP contribution < -0.4 is 10.6 Å². The maximum absolute atomic E-state index is 12.0. The average Bonchev–Trinajstić information content (AvgIpc) is 2.85. The Kier molecular flexibility index (Phi) is 4.75. The van der Waals surface area contributed by atoms with Crippen molar-refractivity contribution < 1.29 is 14.7 Å². The van der Waals surface area contributed by atoms with Crippen LogP contribution in [-0.4, -0.2) is 36.1 Å². The highest BCUT2D eigenvalue weighted by molar-refractivity contribution is 5.95. The van der Waals surface area contributed by atoms with Gasteiger partial charge in [-0.05, 0) is 24.3 Å². The molecule has 1 unspecified atom stereocenters. The van der Waals surface area contributed by atoms with Gasteiger partial charge in [-0.1, -0.05) is 11.8 Å². The quantitative estimate of drug-likeness (QED) is 0.680. The zero-order valence-corrected chi connectivity index (χ0v) is 11.0. The lowest BCUT2D eigenvalue weighted by molar-refractivity contribution is -0.119. The molecule has 1 heterocycles. The highest BCUT2D eigenvalue weighted by Crippen LogP contribution is 2.06. The Hall–Kier alpha value is -2.32. The van der Waals surface area contributed by atoms with Crippen LogP contribution in [0.2, 0.25) is 0 Å². The van der Waals surface area contributed by atoms with E-state index in [2.05, 4.69) is 22.5 Å². The molecular formula is C15H16N2O3. The van der Waals surface area contributed by atoms with E-state index in [4.69, 9.17) is 5.11 Å². The first kappa shape index (κ1) is 14.1. The summed E-state index contributed by atoms with van der Waals surface area (Å²) < 4.78 is 0. The first-order chi connectivity index (χ1) is 9.69. The molecule has 1 aliphatic rings. The molecule has 0 radical (unpaired) electrons. The number of nitrogens with one attached hydrogen (secondary N) is 2. The van der Waals surface area contributed by atoms with Crippen LogP contribution >= 0.6 is 0 Å². The lowest BCUT2D eigenvalue weighted by Gasteiger charge is -2.10. The molecule has 1 aromatic rings. The molecule has 0 spiro atoms. The molecule has 2 amide bonds. The van der Waals surface area contributed by atoms with E-state index < -0.39 is 0 Å². The van der Waals surface area contributed by atoms with E-state index in [0.717, 1.165) is 5.56 Å². The standard InChI is InChI=1S/C15H16N2O3/c18-8-2-1-3-11-4-6-12(7-5-11)15(20)17-13-9-14(19)16-10-13/h4-7,13,18H,2,8-10H2,(H,16,19)(H,17,20). The molecular weight excluding hydrogens is 256 g/mol. The van der Waals surface area contributed by atoms with Crippen molar-refractivity contribution in [3.05, 3.63) is 35.4 Å². The summed E-state index contributed by atoms with van der Waals surface area (Å²) in [5, 5.41) is 14.1. The number of carbonyl (C=O) groups is 2. The van der Waals surface area contributed by atoms with E-state index in [0.29, 0.717) is 24.9 Å². The van der Waals surface area contributed by atoms with Gasteiger partial charge in [0.15, 0.2) is 0 Å². The van der Waals surface area contributed by atoms with Gasteiger partial charge >= 0.3 is 0 Å². The van der Waals surface area contributed by atoms with Crippen molar-refractivity contribution in [1.82, 2.24) is 10.6 Å². The second-order valence-electron chi connectivity index (χ2n) is 4.53. The third-order valence-electron chi connectivity index (χ3n) is 2.93. The van der Waals surface area contributed by atoms with Crippen LogP contribution in [0.1, 0.15) is 28.8 Å². The van der Waals surface area contributed by atoms with Gasteiger partial charge in [-0.25, -0.2) is 0 Å². The fraction of sp³-hybridized carbons (Fsp3) is 0.333. The number of benzene rings is 1. The first-order valence-electron chi connectivity index (χ1n) is 6.46. The largest absolute Gasteiger partial charge is 0.395 e. The Morgan fingerprint density at radius 3 is 2.75 bits per heavy atom. The van der Waals surface area contributed by atoms with Crippen LogP contribution in [0, 0.1) is 11.8 Å². The molecule has 0 saturated carbocycles. The molecule has 104 valence electrons. The summed E-state index contributed by atoms with van der Waals surface area (Å²) in [5.41, 5.74) is 1.34. The van der Waals surface area contributed by atoms with Gasteiger partial charge in [-0.3, -0.25) is 9.59 Å². The van der Waals surface area contributed by atoms with Crippen molar-refractivity contribution in [3.63, 3.8) is 0 Å². The van der Waals surface area contributed by atoms with Crippen molar-refractivity contribution in [2.75, 3.05) is 13.2 Å². The predicted octanol–water partition coefficient (Wildman–Crippen LogP) is 0.0388. The average molecular weight is 272 g/mol. The Labute approximate surface area is 117 Å². The number of rotatable bonds is 3. The topological polar surface area (TPSA) is 78.4 Å². The fourth-order valence-electron chi connectivity index (χ4n) is 1.90. The Bertz CT molecular complexity index is 555. The normalized spacial score (nSPS) is 17.1. The lowest BCUT2D eigenvalue weighted by atomic mass is 10.1. The summed E-state index contributed by atoms with van der Waals surface area (Å²) in [7, 11) is 0. The molecule has 5 nitrogen and oxygen atoms in total. The van der Waals surface area contributed by atoms with Gasteiger partial charge in [0, 0.05) is 30.5 Å². The Balaban J connectivity index is 1.94. The van der Waals surface area contributed by atoms with Gasteiger partial charge in [0.1, 0.15) is 0 Å². The lowest BCUT2D eigenvalue weighted by Crippen LogP contribution is -2.36. The van der Waals surface area contributed by atoms with Crippen molar-refractivity contribution >= 4 is 11.8 Å². The molecule has 0 bridgehead atoms. The highest BCUT2D eigenvalue weighted by atomic mass is 16.2. The van der Waals surface area contributed by atoms with Crippen LogP contribution in [0.15, 0.2) is 24.3 Å². The van der Waals surface area contributed by atoms with E-state index in [-0.39, 0.29) is 24.5 Å². The number of hydrogen-bond donors (Lipinski definition) is 3.